The number of hydrogen-bond acceptors (Lipinski definition) is 5. The van der Waals surface area contributed by atoms with Crippen LogP contribution in [-0.4, -0.2) is 39.7 Å². The molecule has 0 radical (unpaired) electrons. The van der Waals surface area contributed by atoms with Crippen LogP contribution in [0.1, 0.15) is 24.2 Å². The number of aliphatic carboxylic acids is 1. The van der Waals surface area contributed by atoms with Crippen molar-refractivity contribution in [3.8, 4) is 5.75 Å². The molecule has 3 rings (SSSR count). The molecule has 0 saturated carbocycles. The number of benzene rings is 1. The molecule has 2 aromatic rings. The van der Waals surface area contributed by atoms with Crippen LogP contribution in [0, 0.1) is 19.7 Å². The van der Waals surface area contributed by atoms with E-state index in [-0.39, 0.29) is 18.6 Å². The third-order valence-electron chi connectivity index (χ3n) is 4.44. The normalized spacial score (nSPS) is 16.5. The first-order chi connectivity index (χ1) is 11.9. The zero-order valence-corrected chi connectivity index (χ0v) is 14.2. The predicted octanol–water partition coefficient (Wildman–Crippen LogP) is 2.74. The number of carboxylic acid groups (broad SMARTS) is 1. The maximum atomic E-state index is 14.0. The minimum Gasteiger partial charge on any atom is -0.478 e. The molecule has 1 aliphatic heterocycles. The number of halogens is 1. The molecule has 0 aliphatic carbocycles. The van der Waals surface area contributed by atoms with E-state index < -0.39 is 17.4 Å². The second-order valence-corrected chi connectivity index (χ2v) is 6.28. The minimum atomic E-state index is -1.44. The lowest BCUT2D eigenvalue weighted by Crippen LogP contribution is -2.53. The first-order valence-electron chi connectivity index (χ1n) is 8.13. The molecule has 25 heavy (non-hydrogen) atoms. The van der Waals surface area contributed by atoms with Crippen LogP contribution in [0.2, 0.25) is 0 Å². The Bertz CT molecular complexity index is 789. The molecule has 0 unspecified atom stereocenters. The Morgan fingerprint density at radius 2 is 2.00 bits per heavy atom. The van der Waals surface area contributed by atoms with Gasteiger partial charge in [0, 0.05) is 32.1 Å². The summed E-state index contributed by atoms with van der Waals surface area (Å²) in [6, 6.07) is 6.23. The van der Waals surface area contributed by atoms with E-state index in [0.29, 0.717) is 18.9 Å². The largest absolute Gasteiger partial charge is 0.478 e. The van der Waals surface area contributed by atoms with E-state index in [4.69, 9.17) is 4.74 Å². The van der Waals surface area contributed by atoms with Gasteiger partial charge in [0.2, 0.25) is 5.60 Å². The van der Waals surface area contributed by atoms with Crippen molar-refractivity contribution in [2.75, 3.05) is 18.0 Å². The van der Waals surface area contributed by atoms with E-state index in [2.05, 4.69) is 9.97 Å². The number of carboxylic acids is 1. The van der Waals surface area contributed by atoms with Crippen molar-refractivity contribution in [2.45, 2.75) is 32.3 Å². The van der Waals surface area contributed by atoms with Gasteiger partial charge in [0.25, 0.3) is 0 Å². The Morgan fingerprint density at radius 1 is 1.28 bits per heavy atom. The van der Waals surface area contributed by atoms with Crippen LogP contribution < -0.4 is 9.64 Å². The number of piperidine rings is 1. The quantitative estimate of drug-likeness (QED) is 0.918. The zero-order valence-electron chi connectivity index (χ0n) is 14.2. The molecule has 1 aromatic carbocycles. The lowest BCUT2D eigenvalue weighted by atomic mass is 9.91. The standard InChI is InChI=1S/C18H20FN3O3/c1-12-3-4-14(19)15(11-12)25-18(17(23)24)6-9-22(10-7-18)16-5-8-20-13(2)21-16/h3-5,8,11H,6-7,9-10H2,1-2H3,(H,23,24). The zero-order chi connectivity index (χ0) is 18.0. The molecule has 6 nitrogen and oxygen atoms in total. The summed E-state index contributed by atoms with van der Waals surface area (Å²) < 4.78 is 19.7. The van der Waals surface area contributed by atoms with Gasteiger partial charge in [-0.15, -0.1) is 0 Å². The number of nitrogens with zero attached hydrogens (tertiary/aromatic N) is 3. The predicted molar refractivity (Wildman–Crippen MR) is 90.3 cm³/mol. The summed E-state index contributed by atoms with van der Waals surface area (Å²) in [5.74, 6) is -0.236. The number of hydrogen-bond donors (Lipinski definition) is 1. The number of aromatic nitrogens is 2. The van der Waals surface area contributed by atoms with Gasteiger partial charge in [0.15, 0.2) is 11.6 Å². The van der Waals surface area contributed by atoms with Gasteiger partial charge in [0.05, 0.1) is 0 Å². The average molecular weight is 345 g/mol. The SMILES string of the molecule is Cc1ccc(F)c(OC2(C(=O)O)CCN(c3ccnc(C)n3)CC2)c1. The molecular formula is C18H20FN3O3. The van der Waals surface area contributed by atoms with Crippen LogP contribution in [0.4, 0.5) is 10.2 Å². The Labute approximate surface area is 145 Å². The summed E-state index contributed by atoms with van der Waals surface area (Å²) in [6.07, 6.45) is 2.15. The molecule has 1 saturated heterocycles. The Balaban J connectivity index is 1.79. The molecule has 2 heterocycles. The molecule has 0 atom stereocenters. The maximum absolute atomic E-state index is 14.0. The number of rotatable bonds is 4. The first kappa shape index (κ1) is 17.1. The molecule has 1 N–H and O–H groups in total. The summed E-state index contributed by atoms with van der Waals surface area (Å²) in [4.78, 5) is 22.3. The third kappa shape index (κ3) is 3.55. The Kier molecular flexibility index (Phi) is 4.57. The highest BCUT2D eigenvalue weighted by atomic mass is 19.1. The molecule has 132 valence electrons. The van der Waals surface area contributed by atoms with Gasteiger partial charge in [0.1, 0.15) is 11.6 Å². The fraction of sp³-hybridized carbons (Fsp3) is 0.389. The van der Waals surface area contributed by atoms with Crippen LogP contribution in [0.15, 0.2) is 30.5 Å². The fourth-order valence-corrected chi connectivity index (χ4v) is 2.98. The van der Waals surface area contributed by atoms with Gasteiger partial charge in [-0.1, -0.05) is 6.07 Å². The van der Waals surface area contributed by atoms with E-state index >= 15 is 0 Å². The highest BCUT2D eigenvalue weighted by Gasteiger charge is 2.44. The molecule has 0 amide bonds. The highest BCUT2D eigenvalue weighted by Crippen LogP contribution is 2.32. The smallest absolute Gasteiger partial charge is 0.348 e. The lowest BCUT2D eigenvalue weighted by molar-refractivity contribution is -0.157. The number of ether oxygens (including phenoxy) is 1. The van der Waals surface area contributed by atoms with Gasteiger partial charge in [-0.2, -0.15) is 0 Å². The van der Waals surface area contributed by atoms with Gasteiger partial charge >= 0.3 is 5.97 Å². The van der Waals surface area contributed by atoms with Gasteiger partial charge in [-0.05, 0) is 37.6 Å². The van der Waals surface area contributed by atoms with Crippen LogP contribution in [-0.2, 0) is 4.79 Å². The summed E-state index contributed by atoms with van der Waals surface area (Å²) in [6.45, 7) is 4.52. The molecule has 7 heteroatoms. The van der Waals surface area contributed by atoms with E-state index in [1.165, 1.54) is 12.1 Å². The third-order valence-corrected chi connectivity index (χ3v) is 4.44. The van der Waals surface area contributed by atoms with Crippen LogP contribution in [0.5, 0.6) is 5.75 Å². The lowest BCUT2D eigenvalue weighted by Gasteiger charge is -2.39. The second kappa shape index (κ2) is 6.66. The van der Waals surface area contributed by atoms with Gasteiger partial charge in [-0.25, -0.2) is 19.2 Å². The maximum Gasteiger partial charge on any atom is 0.348 e. The minimum absolute atomic E-state index is 0.0197. The van der Waals surface area contributed by atoms with Crippen molar-refractivity contribution < 1.29 is 19.0 Å². The van der Waals surface area contributed by atoms with E-state index in [9.17, 15) is 14.3 Å². The highest BCUT2D eigenvalue weighted by molar-refractivity contribution is 5.78. The van der Waals surface area contributed by atoms with Crippen LogP contribution in [0.3, 0.4) is 0 Å². The van der Waals surface area contributed by atoms with Gasteiger partial charge < -0.3 is 14.7 Å². The summed E-state index contributed by atoms with van der Waals surface area (Å²) >= 11 is 0. The van der Waals surface area contributed by atoms with E-state index in [0.717, 1.165) is 11.4 Å². The monoisotopic (exact) mass is 345 g/mol. The topological polar surface area (TPSA) is 75.6 Å². The van der Waals surface area contributed by atoms with Crippen molar-refractivity contribution in [3.63, 3.8) is 0 Å². The van der Waals surface area contributed by atoms with Gasteiger partial charge in [-0.3, -0.25) is 0 Å². The van der Waals surface area contributed by atoms with Crippen molar-refractivity contribution >= 4 is 11.8 Å². The Morgan fingerprint density at radius 3 is 2.64 bits per heavy atom. The van der Waals surface area contributed by atoms with E-state index in [1.807, 2.05) is 4.90 Å². The number of anilines is 1. The summed E-state index contributed by atoms with van der Waals surface area (Å²) in [5.41, 5.74) is -0.626. The first-order valence-corrected chi connectivity index (χ1v) is 8.13. The molecular weight excluding hydrogens is 325 g/mol. The summed E-state index contributed by atoms with van der Waals surface area (Å²) in [7, 11) is 0. The summed E-state index contributed by atoms with van der Waals surface area (Å²) in [5, 5.41) is 9.72. The van der Waals surface area contributed by atoms with Crippen LogP contribution >= 0.6 is 0 Å². The van der Waals surface area contributed by atoms with E-state index in [1.54, 1.807) is 32.2 Å². The molecule has 1 aliphatic rings. The molecule has 0 spiro atoms. The van der Waals surface area contributed by atoms with Crippen LogP contribution in [0.25, 0.3) is 0 Å². The molecule has 0 bridgehead atoms. The second-order valence-electron chi connectivity index (χ2n) is 6.28. The molecule has 1 aromatic heterocycles. The van der Waals surface area contributed by atoms with Crippen molar-refractivity contribution in [3.05, 3.63) is 47.7 Å². The molecule has 1 fully saturated rings. The number of carbonyl (C=O) groups is 1. The van der Waals surface area contributed by atoms with Crippen molar-refractivity contribution in [2.24, 2.45) is 0 Å². The Hall–Kier alpha value is -2.70. The van der Waals surface area contributed by atoms with Crippen molar-refractivity contribution in [1.82, 2.24) is 9.97 Å². The number of aryl methyl sites for hydroxylation is 2. The van der Waals surface area contributed by atoms with Crippen molar-refractivity contribution in [1.29, 1.82) is 0 Å². The fourth-order valence-electron chi connectivity index (χ4n) is 2.98. The average Bonchev–Trinajstić information content (AvgIpc) is 2.58.